The molecule has 0 aliphatic carbocycles. The van der Waals surface area contributed by atoms with Gasteiger partial charge in [-0.2, -0.15) is 0 Å². The van der Waals surface area contributed by atoms with Crippen molar-refractivity contribution in [2.45, 2.75) is 0 Å². The molecule has 0 spiro atoms. The van der Waals surface area contributed by atoms with E-state index in [4.69, 9.17) is 9.15 Å². The van der Waals surface area contributed by atoms with Gasteiger partial charge in [0.1, 0.15) is 12.2 Å². The second-order valence-electron chi connectivity index (χ2n) is 4.09. The van der Waals surface area contributed by atoms with Crippen LogP contribution in [0.5, 0.6) is 0 Å². The zero-order chi connectivity index (χ0) is 12.3. The van der Waals surface area contributed by atoms with E-state index in [9.17, 15) is 4.79 Å². The summed E-state index contributed by atoms with van der Waals surface area (Å²) in [6.45, 7) is 1.06. The van der Waals surface area contributed by atoms with E-state index in [0.717, 1.165) is 5.39 Å². The Bertz CT molecular complexity index is 483. The van der Waals surface area contributed by atoms with E-state index < -0.39 is 5.97 Å². The molecular formula is C13H15NO3. The number of rotatable bonds is 4. The lowest BCUT2D eigenvalue weighted by Gasteiger charge is -2.08. The minimum atomic E-state index is -0.414. The molecule has 0 N–H and O–H groups in total. The summed E-state index contributed by atoms with van der Waals surface area (Å²) in [5.41, 5.74) is 0.701. The van der Waals surface area contributed by atoms with Gasteiger partial charge in [-0.3, -0.25) is 0 Å². The molecule has 0 radical (unpaired) electrons. The van der Waals surface area contributed by atoms with Crippen LogP contribution in [0.3, 0.4) is 0 Å². The molecule has 0 saturated heterocycles. The monoisotopic (exact) mass is 233 g/mol. The van der Waals surface area contributed by atoms with E-state index in [1.807, 2.05) is 43.3 Å². The largest absolute Gasteiger partial charge is 0.458 e. The molecule has 2 rings (SSSR count). The quantitative estimate of drug-likeness (QED) is 0.759. The third-order valence-electron chi connectivity index (χ3n) is 2.40. The lowest BCUT2D eigenvalue weighted by molar-refractivity contribution is 0.0448. The number of para-hydroxylation sites is 1. The number of ether oxygens (including phenoxy) is 1. The van der Waals surface area contributed by atoms with Crippen molar-refractivity contribution in [3.05, 3.63) is 36.1 Å². The first kappa shape index (κ1) is 11.7. The Morgan fingerprint density at radius 3 is 2.82 bits per heavy atom. The highest BCUT2D eigenvalue weighted by atomic mass is 16.5. The average molecular weight is 233 g/mol. The second kappa shape index (κ2) is 5.01. The SMILES string of the molecule is CN(C)CCOC(=O)c1cc2ccccc2o1. The van der Waals surface area contributed by atoms with Crippen LogP contribution in [0.25, 0.3) is 11.0 Å². The van der Waals surface area contributed by atoms with Crippen LogP contribution in [-0.2, 0) is 4.74 Å². The molecule has 0 amide bonds. The van der Waals surface area contributed by atoms with Gasteiger partial charge in [-0.1, -0.05) is 18.2 Å². The van der Waals surface area contributed by atoms with Crippen LogP contribution >= 0.6 is 0 Å². The summed E-state index contributed by atoms with van der Waals surface area (Å²) in [6.07, 6.45) is 0. The Morgan fingerprint density at radius 1 is 1.35 bits per heavy atom. The average Bonchev–Trinajstić information content (AvgIpc) is 2.71. The number of furan rings is 1. The number of esters is 1. The highest BCUT2D eigenvalue weighted by Gasteiger charge is 2.13. The molecule has 0 saturated carbocycles. The number of hydrogen-bond acceptors (Lipinski definition) is 4. The maximum atomic E-state index is 11.7. The molecule has 4 nitrogen and oxygen atoms in total. The number of nitrogens with zero attached hydrogens (tertiary/aromatic N) is 1. The Morgan fingerprint density at radius 2 is 2.12 bits per heavy atom. The van der Waals surface area contributed by atoms with Crippen molar-refractivity contribution in [1.82, 2.24) is 4.90 Å². The van der Waals surface area contributed by atoms with Crippen molar-refractivity contribution in [1.29, 1.82) is 0 Å². The van der Waals surface area contributed by atoms with E-state index in [0.29, 0.717) is 18.7 Å². The van der Waals surface area contributed by atoms with Gasteiger partial charge in [0.05, 0.1) is 0 Å². The number of hydrogen-bond donors (Lipinski definition) is 0. The first-order chi connectivity index (χ1) is 8.16. The predicted octanol–water partition coefficient (Wildman–Crippen LogP) is 2.15. The molecular weight excluding hydrogens is 218 g/mol. The Balaban J connectivity index is 2.04. The fourth-order valence-electron chi connectivity index (χ4n) is 1.47. The summed E-state index contributed by atoms with van der Waals surface area (Å²) in [4.78, 5) is 13.6. The lowest BCUT2D eigenvalue weighted by atomic mass is 10.2. The molecule has 0 aliphatic heterocycles. The topological polar surface area (TPSA) is 42.7 Å². The predicted molar refractivity (Wildman–Crippen MR) is 65.1 cm³/mol. The van der Waals surface area contributed by atoms with Crippen molar-refractivity contribution < 1.29 is 13.9 Å². The molecule has 4 heteroatoms. The standard InChI is InChI=1S/C13H15NO3/c1-14(2)7-8-16-13(15)12-9-10-5-3-4-6-11(10)17-12/h3-6,9H,7-8H2,1-2H3. The van der Waals surface area contributed by atoms with Crippen LogP contribution in [0, 0.1) is 0 Å². The first-order valence-electron chi connectivity index (χ1n) is 5.47. The fourth-order valence-corrected chi connectivity index (χ4v) is 1.47. The molecule has 0 aliphatic rings. The first-order valence-corrected chi connectivity index (χ1v) is 5.47. The maximum Gasteiger partial charge on any atom is 0.374 e. The van der Waals surface area contributed by atoms with Crippen LogP contribution in [0.4, 0.5) is 0 Å². The zero-order valence-corrected chi connectivity index (χ0v) is 9.97. The van der Waals surface area contributed by atoms with Gasteiger partial charge >= 0.3 is 5.97 Å². The van der Waals surface area contributed by atoms with E-state index >= 15 is 0 Å². The van der Waals surface area contributed by atoms with Crippen molar-refractivity contribution in [3.63, 3.8) is 0 Å². The minimum Gasteiger partial charge on any atom is -0.458 e. The van der Waals surface area contributed by atoms with Gasteiger partial charge in [0.15, 0.2) is 0 Å². The third-order valence-corrected chi connectivity index (χ3v) is 2.40. The van der Waals surface area contributed by atoms with Gasteiger partial charge in [0, 0.05) is 11.9 Å². The molecule has 1 aromatic heterocycles. The van der Waals surface area contributed by atoms with Crippen LogP contribution in [0.1, 0.15) is 10.6 Å². The minimum absolute atomic E-state index is 0.255. The van der Waals surface area contributed by atoms with Gasteiger partial charge in [-0.15, -0.1) is 0 Å². The fraction of sp³-hybridized carbons (Fsp3) is 0.308. The smallest absolute Gasteiger partial charge is 0.374 e. The highest BCUT2D eigenvalue weighted by Crippen LogP contribution is 2.19. The molecule has 0 fully saturated rings. The number of likely N-dealkylation sites (N-methyl/N-ethyl adjacent to an activating group) is 1. The Kier molecular flexibility index (Phi) is 3.44. The summed E-state index contributed by atoms with van der Waals surface area (Å²) >= 11 is 0. The van der Waals surface area contributed by atoms with Gasteiger partial charge in [0.2, 0.25) is 5.76 Å². The van der Waals surface area contributed by atoms with Crippen LogP contribution in [0.15, 0.2) is 34.7 Å². The summed E-state index contributed by atoms with van der Waals surface area (Å²) < 4.78 is 10.5. The van der Waals surface area contributed by atoms with Gasteiger partial charge < -0.3 is 14.1 Å². The molecule has 17 heavy (non-hydrogen) atoms. The molecule has 0 bridgehead atoms. The number of fused-ring (bicyclic) bond motifs is 1. The molecule has 1 heterocycles. The highest BCUT2D eigenvalue weighted by molar-refractivity contribution is 5.92. The van der Waals surface area contributed by atoms with Crippen LogP contribution < -0.4 is 0 Å². The van der Waals surface area contributed by atoms with Gasteiger partial charge in [-0.05, 0) is 26.2 Å². The maximum absolute atomic E-state index is 11.7. The summed E-state index contributed by atoms with van der Waals surface area (Å²) in [5, 5.41) is 0.909. The molecule has 1 aromatic carbocycles. The number of benzene rings is 1. The second-order valence-corrected chi connectivity index (χ2v) is 4.09. The number of carbonyl (C=O) groups is 1. The molecule has 90 valence electrons. The van der Waals surface area contributed by atoms with E-state index in [-0.39, 0.29) is 5.76 Å². The summed E-state index contributed by atoms with van der Waals surface area (Å²) in [5.74, 6) is -0.159. The van der Waals surface area contributed by atoms with Crippen molar-refractivity contribution >= 4 is 16.9 Å². The van der Waals surface area contributed by atoms with Crippen molar-refractivity contribution in [2.24, 2.45) is 0 Å². The Hall–Kier alpha value is -1.81. The van der Waals surface area contributed by atoms with Gasteiger partial charge in [0.25, 0.3) is 0 Å². The Labute approximate surface area is 99.8 Å². The molecule has 0 unspecified atom stereocenters. The normalized spacial score (nSPS) is 11.0. The lowest BCUT2D eigenvalue weighted by Crippen LogP contribution is -2.19. The van der Waals surface area contributed by atoms with Crippen LogP contribution in [0.2, 0.25) is 0 Å². The zero-order valence-electron chi connectivity index (χ0n) is 9.97. The van der Waals surface area contributed by atoms with E-state index in [1.54, 1.807) is 6.07 Å². The van der Waals surface area contributed by atoms with E-state index in [2.05, 4.69) is 0 Å². The molecule has 0 atom stereocenters. The van der Waals surface area contributed by atoms with Crippen LogP contribution in [-0.4, -0.2) is 38.1 Å². The third kappa shape index (κ3) is 2.85. The molecule has 2 aromatic rings. The van der Waals surface area contributed by atoms with Gasteiger partial charge in [-0.25, -0.2) is 4.79 Å². The van der Waals surface area contributed by atoms with Crippen molar-refractivity contribution in [3.8, 4) is 0 Å². The number of carbonyl (C=O) groups excluding carboxylic acids is 1. The van der Waals surface area contributed by atoms with E-state index in [1.165, 1.54) is 0 Å². The summed E-state index contributed by atoms with van der Waals surface area (Å²) in [6, 6.07) is 9.20. The van der Waals surface area contributed by atoms with Crippen molar-refractivity contribution in [2.75, 3.05) is 27.2 Å². The summed E-state index contributed by atoms with van der Waals surface area (Å²) in [7, 11) is 3.85.